The van der Waals surface area contributed by atoms with Gasteiger partial charge in [-0.15, -0.1) is 0 Å². The van der Waals surface area contributed by atoms with Gasteiger partial charge < -0.3 is 4.57 Å². The maximum Gasteiger partial charge on any atom is 0.242 e. The van der Waals surface area contributed by atoms with Gasteiger partial charge in [0.25, 0.3) is 0 Å². The summed E-state index contributed by atoms with van der Waals surface area (Å²) in [6, 6.07) is 19.0. The number of rotatable bonds is 8. The highest BCUT2D eigenvalue weighted by Crippen LogP contribution is 2.21. The number of aromatic nitrogens is 5. The summed E-state index contributed by atoms with van der Waals surface area (Å²) in [4.78, 5) is 9.35. The van der Waals surface area contributed by atoms with E-state index >= 15 is 0 Å². The van der Waals surface area contributed by atoms with Gasteiger partial charge in [0.1, 0.15) is 27.3 Å². The summed E-state index contributed by atoms with van der Waals surface area (Å²) >= 11 is 0.999. The summed E-state index contributed by atoms with van der Waals surface area (Å²) in [6.07, 6.45) is 3.30. The van der Waals surface area contributed by atoms with Crippen LogP contribution in [0, 0.1) is 0 Å². The first-order chi connectivity index (χ1) is 15.6. The Kier molecular flexibility index (Phi) is 5.64. The van der Waals surface area contributed by atoms with Crippen molar-refractivity contribution >= 4 is 43.9 Å². The molecule has 3 aromatic heterocycles. The van der Waals surface area contributed by atoms with Gasteiger partial charge in [-0.1, -0.05) is 36.4 Å². The number of hydrogen-bond acceptors (Lipinski definition) is 7. The molecule has 5 aromatic rings. The molecule has 162 valence electrons. The second-order valence-electron chi connectivity index (χ2n) is 7.30. The molecule has 0 unspecified atom stereocenters. The number of sulfonamides is 1. The quantitative estimate of drug-likeness (QED) is 0.378. The molecule has 0 fully saturated rings. The highest BCUT2D eigenvalue weighted by molar-refractivity contribution is 7.89. The van der Waals surface area contributed by atoms with Crippen molar-refractivity contribution < 1.29 is 8.42 Å². The van der Waals surface area contributed by atoms with Crippen molar-refractivity contribution in [1.82, 2.24) is 28.0 Å². The molecule has 0 radical (unpaired) electrons. The fourth-order valence-electron chi connectivity index (χ4n) is 3.70. The van der Waals surface area contributed by atoms with Crippen molar-refractivity contribution in [3.8, 4) is 0 Å². The molecule has 32 heavy (non-hydrogen) atoms. The zero-order valence-electron chi connectivity index (χ0n) is 17.0. The molecule has 0 aliphatic rings. The molecule has 10 heteroatoms. The van der Waals surface area contributed by atoms with E-state index in [9.17, 15) is 8.42 Å². The van der Waals surface area contributed by atoms with Crippen LogP contribution in [0.25, 0.3) is 22.2 Å². The molecule has 0 aliphatic heterocycles. The molecule has 2 aromatic carbocycles. The first-order valence-corrected chi connectivity index (χ1v) is 12.4. The van der Waals surface area contributed by atoms with E-state index in [0.29, 0.717) is 17.6 Å². The molecule has 0 saturated heterocycles. The first-order valence-electron chi connectivity index (χ1n) is 10.2. The number of fused-ring (bicyclic) bond motifs is 2. The van der Waals surface area contributed by atoms with Crippen molar-refractivity contribution in [3.05, 3.63) is 78.2 Å². The van der Waals surface area contributed by atoms with Gasteiger partial charge in [-0.3, -0.25) is 0 Å². The molecule has 3 heterocycles. The number of imidazole rings is 1. The van der Waals surface area contributed by atoms with Gasteiger partial charge in [0.15, 0.2) is 5.65 Å². The molecular weight excluding hydrogens is 444 g/mol. The molecular formula is C22H20N6O2S2. The molecule has 5 rings (SSSR count). The molecule has 0 saturated carbocycles. The molecule has 0 aliphatic carbocycles. The van der Waals surface area contributed by atoms with Crippen molar-refractivity contribution in [2.75, 3.05) is 6.54 Å². The van der Waals surface area contributed by atoms with E-state index in [1.807, 2.05) is 34.9 Å². The zero-order chi connectivity index (χ0) is 22.0. The van der Waals surface area contributed by atoms with Gasteiger partial charge in [-0.2, -0.15) is 8.75 Å². The number of benzene rings is 2. The lowest BCUT2D eigenvalue weighted by molar-refractivity contribution is 0.571. The average molecular weight is 465 g/mol. The largest absolute Gasteiger partial charge is 0.311 e. The van der Waals surface area contributed by atoms with Gasteiger partial charge in [0.2, 0.25) is 10.0 Å². The second-order valence-corrected chi connectivity index (χ2v) is 9.56. The van der Waals surface area contributed by atoms with Crippen LogP contribution in [0.3, 0.4) is 0 Å². The topological polar surface area (TPSA) is 103 Å². The summed E-state index contributed by atoms with van der Waals surface area (Å²) in [7, 11) is -3.73. The van der Waals surface area contributed by atoms with E-state index < -0.39 is 10.0 Å². The summed E-state index contributed by atoms with van der Waals surface area (Å²) in [5.74, 6) is 0.882. The minimum atomic E-state index is -3.73. The average Bonchev–Trinajstić information content (AvgIpc) is 3.43. The third kappa shape index (κ3) is 4.12. The van der Waals surface area contributed by atoms with Crippen LogP contribution in [0.5, 0.6) is 0 Å². The standard InChI is InChI=1S/C22H20N6O2S2/c29-32(30,19-10-4-8-17-21(19)27-31-26-17)24-14-15-28-20(12-11-16-6-2-1-3-7-16)25-18-9-5-13-23-22(18)28/h1-10,13,24H,11-12,14-15H2. The van der Waals surface area contributed by atoms with Gasteiger partial charge in [0.05, 0.1) is 11.7 Å². The number of nitrogens with one attached hydrogen (secondary N) is 1. The summed E-state index contributed by atoms with van der Waals surface area (Å²) in [5.41, 5.74) is 3.75. The molecule has 0 bridgehead atoms. The lowest BCUT2D eigenvalue weighted by Gasteiger charge is -2.11. The Bertz CT molecular complexity index is 1480. The predicted octanol–water partition coefficient (Wildman–Crippen LogP) is 3.20. The second kappa shape index (κ2) is 8.73. The van der Waals surface area contributed by atoms with Crippen LogP contribution in [0.1, 0.15) is 11.4 Å². The Labute approximate surface area is 189 Å². The van der Waals surface area contributed by atoms with Crippen LogP contribution in [0.15, 0.2) is 71.8 Å². The third-order valence-corrected chi connectivity index (χ3v) is 7.26. The minimum Gasteiger partial charge on any atom is -0.311 e. The number of aryl methyl sites for hydroxylation is 2. The van der Waals surface area contributed by atoms with E-state index in [4.69, 9.17) is 4.98 Å². The van der Waals surface area contributed by atoms with Crippen molar-refractivity contribution in [2.24, 2.45) is 0 Å². The molecule has 0 spiro atoms. The van der Waals surface area contributed by atoms with Crippen LogP contribution in [-0.4, -0.2) is 38.2 Å². The van der Waals surface area contributed by atoms with Gasteiger partial charge in [0, 0.05) is 25.7 Å². The Morgan fingerprint density at radius 3 is 2.62 bits per heavy atom. The zero-order valence-corrected chi connectivity index (χ0v) is 18.7. The molecule has 1 N–H and O–H groups in total. The smallest absolute Gasteiger partial charge is 0.242 e. The molecule has 0 atom stereocenters. The Morgan fingerprint density at radius 1 is 0.906 bits per heavy atom. The normalized spacial score (nSPS) is 12.0. The number of nitrogens with zero attached hydrogens (tertiary/aromatic N) is 5. The number of hydrogen-bond donors (Lipinski definition) is 1. The maximum atomic E-state index is 12.9. The van der Waals surface area contributed by atoms with Crippen molar-refractivity contribution in [3.63, 3.8) is 0 Å². The van der Waals surface area contributed by atoms with Gasteiger partial charge >= 0.3 is 0 Å². The van der Waals surface area contributed by atoms with Crippen molar-refractivity contribution in [1.29, 1.82) is 0 Å². The van der Waals surface area contributed by atoms with E-state index in [1.54, 1.807) is 24.4 Å². The van der Waals surface area contributed by atoms with Crippen LogP contribution in [0.4, 0.5) is 0 Å². The Hall–Kier alpha value is -3.21. The lowest BCUT2D eigenvalue weighted by atomic mass is 10.1. The summed E-state index contributed by atoms with van der Waals surface area (Å²) < 4.78 is 38.8. The van der Waals surface area contributed by atoms with Crippen molar-refractivity contribution in [2.45, 2.75) is 24.3 Å². The van der Waals surface area contributed by atoms with E-state index in [1.165, 1.54) is 5.56 Å². The first kappa shape index (κ1) is 20.7. The number of pyridine rings is 1. The van der Waals surface area contributed by atoms with E-state index in [0.717, 1.165) is 41.6 Å². The predicted molar refractivity (Wildman–Crippen MR) is 124 cm³/mol. The summed E-state index contributed by atoms with van der Waals surface area (Å²) in [6.45, 7) is 0.624. The fraction of sp³-hybridized carbons (Fsp3) is 0.182. The van der Waals surface area contributed by atoms with E-state index in [-0.39, 0.29) is 11.4 Å². The maximum absolute atomic E-state index is 12.9. The molecule has 0 amide bonds. The monoisotopic (exact) mass is 464 g/mol. The van der Waals surface area contributed by atoms with Crippen LogP contribution >= 0.6 is 11.7 Å². The van der Waals surface area contributed by atoms with Crippen LogP contribution in [0.2, 0.25) is 0 Å². The summed E-state index contributed by atoms with van der Waals surface area (Å²) in [5, 5.41) is 0. The van der Waals surface area contributed by atoms with Gasteiger partial charge in [-0.25, -0.2) is 23.1 Å². The minimum absolute atomic E-state index is 0.140. The highest BCUT2D eigenvalue weighted by Gasteiger charge is 2.20. The SMILES string of the molecule is O=S(=O)(NCCn1c(CCc2ccccc2)nc2cccnc21)c1cccc2nsnc12. The van der Waals surface area contributed by atoms with Crippen LogP contribution in [-0.2, 0) is 29.4 Å². The highest BCUT2D eigenvalue weighted by atomic mass is 32.2. The van der Waals surface area contributed by atoms with Crippen LogP contribution < -0.4 is 4.72 Å². The Balaban J connectivity index is 1.36. The fourth-order valence-corrected chi connectivity index (χ4v) is 5.49. The van der Waals surface area contributed by atoms with Gasteiger partial charge in [-0.05, 0) is 36.2 Å². The van der Waals surface area contributed by atoms with E-state index in [2.05, 4.69) is 30.6 Å². The lowest BCUT2D eigenvalue weighted by Crippen LogP contribution is -2.28. The Morgan fingerprint density at radius 2 is 1.75 bits per heavy atom. The third-order valence-electron chi connectivity index (χ3n) is 5.23. The molecule has 8 nitrogen and oxygen atoms in total.